The molecule has 1 saturated carbocycles. The van der Waals surface area contributed by atoms with Crippen molar-refractivity contribution >= 4 is 5.91 Å². The molecule has 3 rings (SSSR count). The van der Waals surface area contributed by atoms with Crippen molar-refractivity contribution in [2.45, 2.75) is 37.7 Å². The number of benzene rings is 2. The van der Waals surface area contributed by atoms with Gasteiger partial charge in [0.05, 0.1) is 19.8 Å². The first kappa shape index (κ1) is 19.2. The van der Waals surface area contributed by atoms with Crippen molar-refractivity contribution in [3.63, 3.8) is 0 Å². The van der Waals surface area contributed by atoms with Crippen LogP contribution in [0.2, 0.25) is 0 Å². The third kappa shape index (κ3) is 4.61. The lowest BCUT2D eigenvalue weighted by Crippen LogP contribution is -2.44. The average molecular weight is 369 g/mol. The van der Waals surface area contributed by atoms with E-state index in [1.165, 1.54) is 0 Å². The first-order valence-electron chi connectivity index (χ1n) is 9.38. The fraction of sp³-hybridized carbons (Fsp3) is 0.409. The van der Waals surface area contributed by atoms with E-state index >= 15 is 0 Å². The van der Waals surface area contributed by atoms with Crippen LogP contribution in [0.3, 0.4) is 0 Å². The van der Waals surface area contributed by atoms with E-state index in [4.69, 9.17) is 9.47 Å². The Bertz CT molecular complexity index is 779. The maximum atomic E-state index is 12.4. The molecule has 0 heterocycles. The second-order valence-corrected chi connectivity index (χ2v) is 7.11. The molecular weight excluding hydrogens is 342 g/mol. The lowest BCUT2D eigenvalue weighted by Gasteiger charge is -2.32. The molecule has 5 nitrogen and oxygen atoms in total. The smallest absolute Gasteiger partial charge is 0.251 e. The lowest BCUT2D eigenvalue weighted by molar-refractivity contribution is 0.00526. The Morgan fingerprint density at radius 1 is 0.963 bits per heavy atom. The fourth-order valence-corrected chi connectivity index (χ4v) is 3.56. The van der Waals surface area contributed by atoms with Crippen molar-refractivity contribution in [2.24, 2.45) is 0 Å². The van der Waals surface area contributed by atoms with Gasteiger partial charge in [-0.15, -0.1) is 0 Å². The highest BCUT2D eigenvalue weighted by atomic mass is 16.5. The van der Waals surface area contributed by atoms with Crippen LogP contribution in [-0.2, 0) is 0 Å². The molecule has 0 atom stereocenters. The minimum atomic E-state index is -0.756. The minimum Gasteiger partial charge on any atom is -0.493 e. The maximum absolute atomic E-state index is 12.4. The molecule has 2 aromatic rings. The number of nitrogens with one attached hydrogen (secondary N) is 1. The molecule has 0 aromatic heterocycles. The Kier molecular flexibility index (Phi) is 6.01. The summed E-state index contributed by atoms with van der Waals surface area (Å²) in [6, 6.07) is 13.1. The second-order valence-electron chi connectivity index (χ2n) is 7.11. The molecule has 2 N–H and O–H groups in total. The average Bonchev–Trinajstić information content (AvgIpc) is 2.72. The standard InChI is InChI=1S/C22H27NO4/c1-26-19-11-10-18(14-20(19)27-2)16-6-8-17(9-7-16)21(24)23-15-22(25)12-4-3-5-13-22/h6-11,14,25H,3-5,12-13,15H2,1-2H3,(H,23,24). The van der Waals surface area contributed by atoms with E-state index in [2.05, 4.69) is 5.32 Å². The molecule has 1 fully saturated rings. The molecule has 2 aromatic carbocycles. The van der Waals surface area contributed by atoms with Crippen molar-refractivity contribution in [3.05, 3.63) is 48.0 Å². The summed E-state index contributed by atoms with van der Waals surface area (Å²) in [5.74, 6) is 1.18. The molecule has 144 valence electrons. The van der Waals surface area contributed by atoms with Crippen LogP contribution < -0.4 is 14.8 Å². The topological polar surface area (TPSA) is 67.8 Å². The first-order valence-corrected chi connectivity index (χ1v) is 9.38. The second kappa shape index (κ2) is 8.44. The number of carbonyl (C=O) groups is 1. The van der Waals surface area contributed by atoms with Crippen LogP contribution in [0.25, 0.3) is 11.1 Å². The highest BCUT2D eigenvalue weighted by Crippen LogP contribution is 2.32. The third-order valence-corrected chi connectivity index (χ3v) is 5.23. The number of hydrogen-bond donors (Lipinski definition) is 2. The zero-order valence-electron chi connectivity index (χ0n) is 16.0. The van der Waals surface area contributed by atoms with Crippen LogP contribution in [0.15, 0.2) is 42.5 Å². The molecule has 1 amide bonds. The Hall–Kier alpha value is -2.53. The van der Waals surface area contributed by atoms with Gasteiger partial charge in [0.1, 0.15) is 0 Å². The van der Waals surface area contributed by atoms with E-state index in [9.17, 15) is 9.90 Å². The van der Waals surface area contributed by atoms with Gasteiger partial charge >= 0.3 is 0 Å². The summed E-state index contributed by atoms with van der Waals surface area (Å²) in [6.07, 6.45) is 4.71. The van der Waals surface area contributed by atoms with Crippen molar-refractivity contribution in [1.29, 1.82) is 0 Å². The number of methoxy groups -OCH3 is 2. The van der Waals surface area contributed by atoms with Crippen LogP contribution in [0.4, 0.5) is 0 Å². The molecular formula is C22H27NO4. The molecule has 0 saturated heterocycles. The van der Waals surface area contributed by atoms with Gasteiger partial charge in [-0.2, -0.15) is 0 Å². The molecule has 0 radical (unpaired) electrons. The third-order valence-electron chi connectivity index (χ3n) is 5.23. The van der Waals surface area contributed by atoms with E-state index in [1.54, 1.807) is 26.4 Å². The van der Waals surface area contributed by atoms with Gasteiger partial charge in [-0.05, 0) is 48.2 Å². The zero-order chi connectivity index (χ0) is 19.3. The van der Waals surface area contributed by atoms with Gasteiger partial charge in [0.2, 0.25) is 0 Å². The van der Waals surface area contributed by atoms with Gasteiger partial charge in [0, 0.05) is 12.1 Å². The Labute approximate surface area is 160 Å². The summed E-state index contributed by atoms with van der Waals surface area (Å²) >= 11 is 0. The Morgan fingerprint density at radius 3 is 2.22 bits per heavy atom. The summed E-state index contributed by atoms with van der Waals surface area (Å²) in [5, 5.41) is 13.4. The minimum absolute atomic E-state index is 0.159. The van der Waals surface area contributed by atoms with Crippen molar-refractivity contribution in [2.75, 3.05) is 20.8 Å². The Balaban J connectivity index is 1.67. The normalized spacial score (nSPS) is 15.8. The van der Waals surface area contributed by atoms with Crippen LogP contribution in [-0.4, -0.2) is 37.4 Å². The largest absolute Gasteiger partial charge is 0.493 e. The van der Waals surface area contributed by atoms with Gasteiger partial charge in [-0.3, -0.25) is 4.79 Å². The number of ether oxygens (including phenoxy) is 2. The van der Waals surface area contributed by atoms with Crippen LogP contribution >= 0.6 is 0 Å². The van der Waals surface area contributed by atoms with E-state index in [0.29, 0.717) is 23.6 Å². The maximum Gasteiger partial charge on any atom is 0.251 e. The first-order chi connectivity index (χ1) is 13.0. The molecule has 0 spiro atoms. The summed E-state index contributed by atoms with van der Waals surface area (Å²) < 4.78 is 10.6. The molecule has 1 aliphatic carbocycles. The number of hydrogen-bond acceptors (Lipinski definition) is 4. The molecule has 27 heavy (non-hydrogen) atoms. The Morgan fingerprint density at radius 2 is 1.59 bits per heavy atom. The quantitative estimate of drug-likeness (QED) is 0.813. The van der Waals surface area contributed by atoms with Crippen molar-refractivity contribution < 1.29 is 19.4 Å². The van der Waals surface area contributed by atoms with Gasteiger partial charge in [0.25, 0.3) is 5.91 Å². The number of aliphatic hydroxyl groups is 1. The molecule has 5 heteroatoms. The van der Waals surface area contributed by atoms with Crippen LogP contribution in [0, 0.1) is 0 Å². The lowest BCUT2D eigenvalue weighted by atomic mass is 9.85. The molecule has 0 unspecified atom stereocenters. The van der Waals surface area contributed by atoms with E-state index in [0.717, 1.165) is 43.2 Å². The van der Waals surface area contributed by atoms with Crippen LogP contribution in [0.5, 0.6) is 11.5 Å². The van der Waals surface area contributed by atoms with Gasteiger partial charge in [0.15, 0.2) is 11.5 Å². The van der Waals surface area contributed by atoms with E-state index in [1.807, 2.05) is 30.3 Å². The molecule has 0 aliphatic heterocycles. The number of carbonyl (C=O) groups excluding carboxylic acids is 1. The van der Waals surface area contributed by atoms with E-state index < -0.39 is 5.60 Å². The van der Waals surface area contributed by atoms with Crippen molar-refractivity contribution in [3.8, 4) is 22.6 Å². The summed E-state index contributed by atoms with van der Waals surface area (Å²) in [4.78, 5) is 12.4. The number of amides is 1. The predicted molar refractivity (Wildman–Crippen MR) is 105 cm³/mol. The van der Waals surface area contributed by atoms with Gasteiger partial charge in [-0.1, -0.05) is 37.5 Å². The van der Waals surface area contributed by atoms with Crippen LogP contribution in [0.1, 0.15) is 42.5 Å². The summed E-state index contributed by atoms with van der Waals surface area (Å²) in [6.45, 7) is 0.309. The summed E-state index contributed by atoms with van der Waals surface area (Å²) in [5.41, 5.74) is 1.79. The predicted octanol–water partition coefficient (Wildman–Crippen LogP) is 3.80. The number of rotatable bonds is 6. The monoisotopic (exact) mass is 369 g/mol. The zero-order valence-corrected chi connectivity index (χ0v) is 16.0. The van der Waals surface area contributed by atoms with Gasteiger partial charge < -0.3 is 19.9 Å². The SMILES string of the molecule is COc1ccc(-c2ccc(C(=O)NCC3(O)CCCCC3)cc2)cc1OC. The fourth-order valence-electron chi connectivity index (χ4n) is 3.56. The van der Waals surface area contributed by atoms with E-state index in [-0.39, 0.29) is 5.91 Å². The van der Waals surface area contributed by atoms with Gasteiger partial charge in [-0.25, -0.2) is 0 Å². The van der Waals surface area contributed by atoms with Crippen molar-refractivity contribution in [1.82, 2.24) is 5.32 Å². The highest BCUT2D eigenvalue weighted by molar-refractivity contribution is 5.94. The molecule has 1 aliphatic rings. The summed E-state index contributed by atoms with van der Waals surface area (Å²) in [7, 11) is 3.21. The highest BCUT2D eigenvalue weighted by Gasteiger charge is 2.29. The molecule has 0 bridgehead atoms.